The van der Waals surface area contributed by atoms with Gasteiger partial charge in [-0.1, -0.05) is 30.3 Å². The van der Waals surface area contributed by atoms with Crippen LogP contribution < -0.4 is 0 Å². The number of rotatable bonds is 10. The third kappa shape index (κ3) is 5.87. The number of sulfonamides is 1. The topological polar surface area (TPSA) is 82.7 Å². The van der Waals surface area contributed by atoms with Crippen molar-refractivity contribution in [3.8, 4) is 0 Å². The number of aromatic nitrogens is 1. The number of carbonyl (C=O) groups excluding carboxylic acids is 1. The summed E-state index contributed by atoms with van der Waals surface area (Å²) in [5.74, 6) is 1.37. The van der Waals surface area contributed by atoms with Crippen molar-refractivity contribution in [1.82, 2.24) is 14.2 Å². The second-order valence-corrected chi connectivity index (χ2v) is 10.3. The lowest BCUT2D eigenvalue weighted by Crippen LogP contribution is -2.37. The van der Waals surface area contributed by atoms with Gasteiger partial charge in [-0.2, -0.15) is 16.1 Å². The molecule has 1 N–H and O–H groups in total. The van der Waals surface area contributed by atoms with Crippen molar-refractivity contribution >= 4 is 27.7 Å². The SMILES string of the molecule is COCCN(CCCc1ccccc1)C(=O)c1cc(S(=O)(=O)N2CCSCC2)c[nH]1. The third-order valence-corrected chi connectivity index (χ3v) is 7.90. The first-order chi connectivity index (χ1) is 14.5. The van der Waals surface area contributed by atoms with Crippen LogP contribution in [0, 0.1) is 0 Å². The number of ether oxygens (including phenoxy) is 1. The lowest BCUT2D eigenvalue weighted by molar-refractivity contribution is 0.0688. The molecule has 7 nitrogen and oxygen atoms in total. The number of aromatic amines is 1. The lowest BCUT2D eigenvalue weighted by atomic mass is 10.1. The van der Waals surface area contributed by atoms with Gasteiger partial charge in [0.25, 0.3) is 5.91 Å². The molecule has 1 aliphatic heterocycles. The van der Waals surface area contributed by atoms with Gasteiger partial charge in [-0.15, -0.1) is 0 Å². The Morgan fingerprint density at radius 2 is 1.93 bits per heavy atom. The van der Waals surface area contributed by atoms with E-state index in [1.807, 2.05) is 18.2 Å². The fourth-order valence-corrected chi connectivity index (χ4v) is 5.96. The van der Waals surface area contributed by atoms with Crippen LogP contribution in [0.2, 0.25) is 0 Å². The number of carbonyl (C=O) groups is 1. The highest BCUT2D eigenvalue weighted by molar-refractivity contribution is 7.99. The summed E-state index contributed by atoms with van der Waals surface area (Å²) in [5.41, 5.74) is 1.51. The molecule has 0 aliphatic carbocycles. The van der Waals surface area contributed by atoms with Crippen LogP contribution in [-0.2, 0) is 21.2 Å². The minimum Gasteiger partial charge on any atom is -0.383 e. The van der Waals surface area contributed by atoms with E-state index in [0.717, 1.165) is 24.3 Å². The highest BCUT2D eigenvalue weighted by atomic mass is 32.2. The van der Waals surface area contributed by atoms with Crippen LogP contribution in [0.5, 0.6) is 0 Å². The van der Waals surface area contributed by atoms with Crippen molar-refractivity contribution in [3.63, 3.8) is 0 Å². The fourth-order valence-electron chi connectivity index (χ4n) is 3.39. The number of methoxy groups -OCH3 is 1. The van der Waals surface area contributed by atoms with Crippen molar-refractivity contribution < 1.29 is 17.9 Å². The Labute approximate surface area is 182 Å². The largest absolute Gasteiger partial charge is 0.383 e. The number of nitrogens with zero attached hydrogens (tertiary/aromatic N) is 2. The monoisotopic (exact) mass is 451 g/mol. The average Bonchev–Trinajstić information content (AvgIpc) is 3.28. The summed E-state index contributed by atoms with van der Waals surface area (Å²) < 4.78 is 32.3. The molecule has 3 rings (SSSR count). The maximum Gasteiger partial charge on any atom is 0.270 e. The van der Waals surface area contributed by atoms with E-state index in [0.29, 0.717) is 32.8 Å². The van der Waals surface area contributed by atoms with E-state index in [-0.39, 0.29) is 16.5 Å². The van der Waals surface area contributed by atoms with Crippen molar-refractivity contribution in [3.05, 3.63) is 53.9 Å². The Hall–Kier alpha value is -1.81. The summed E-state index contributed by atoms with van der Waals surface area (Å²) >= 11 is 1.75. The number of aryl methyl sites for hydroxylation is 1. The molecule has 0 bridgehead atoms. The Morgan fingerprint density at radius 1 is 1.20 bits per heavy atom. The van der Waals surface area contributed by atoms with Gasteiger partial charge in [0.1, 0.15) is 10.6 Å². The van der Waals surface area contributed by atoms with E-state index >= 15 is 0 Å². The molecule has 2 heterocycles. The molecule has 0 unspecified atom stereocenters. The quantitative estimate of drug-likeness (QED) is 0.600. The van der Waals surface area contributed by atoms with Gasteiger partial charge < -0.3 is 14.6 Å². The molecule has 9 heteroatoms. The fraction of sp³-hybridized carbons (Fsp3) is 0.476. The van der Waals surface area contributed by atoms with Crippen molar-refractivity contribution in [2.24, 2.45) is 0 Å². The molecule has 0 spiro atoms. The predicted octanol–water partition coefficient (Wildman–Crippen LogP) is 2.47. The number of H-pyrrole nitrogens is 1. The molecule has 1 saturated heterocycles. The predicted molar refractivity (Wildman–Crippen MR) is 119 cm³/mol. The van der Waals surface area contributed by atoms with Crippen LogP contribution in [0.3, 0.4) is 0 Å². The first-order valence-corrected chi connectivity index (χ1v) is 12.7. The highest BCUT2D eigenvalue weighted by Crippen LogP contribution is 2.21. The van der Waals surface area contributed by atoms with Crippen LogP contribution in [0.1, 0.15) is 22.5 Å². The van der Waals surface area contributed by atoms with E-state index in [9.17, 15) is 13.2 Å². The van der Waals surface area contributed by atoms with Gasteiger partial charge in [0.15, 0.2) is 0 Å². The zero-order valence-electron chi connectivity index (χ0n) is 17.2. The van der Waals surface area contributed by atoms with Crippen molar-refractivity contribution in [1.29, 1.82) is 0 Å². The molecular weight excluding hydrogens is 422 g/mol. The van der Waals surface area contributed by atoms with E-state index in [1.54, 1.807) is 23.8 Å². The molecule has 1 aliphatic rings. The Bertz CT molecular complexity index is 909. The van der Waals surface area contributed by atoms with Crippen molar-refractivity contribution in [2.75, 3.05) is 51.4 Å². The Kier molecular flexibility index (Phi) is 8.38. The number of amides is 1. The highest BCUT2D eigenvalue weighted by Gasteiger charge is 2.28. The smallest absolute Gasteiger partial charge is 0.270 e. The molecule has 2 aromatic rings. The maximum absolute atomic E-state index is 13.0. The standard InChI is InChI=1S/C21H29N3O4S2/c1-28-13-10-23(9-5-8-18-6-3-2-4-7-18)21(25)20-16-19(17-22-20)30(26,27)24-11-14-29-15-12-24/h2-4,6-7,16-17,22H,5,8-15H2,1H3. The first kappa shape index (κ1) is 22.9. The van der Waals surface area contributed by atoms with Crippen LogP contribution in [0.25, 0.3) is 0 Å². The number of hydrogen-bond acceptors (Lipinski definition) is 5. The second kappa shape index (κ2) is 11.0. The third-order valence-electron chi connectivity index (χ3n) is 5.08. The number of benzene rings is 1. The van der Waals surface area contributed by atoms with Gasteiger partial charge in [-0.3, -0.25) is 4.79 Å². The summed E-state index contributed by atoms with van der Waals surface area (Å²) in [7, 11) is -1.98. The van der Waals surface area contributed by atoms with Crippen LogP contribution in [-0.4, -0.2) is 79.9 Å². The van der Waals surface area contributed by atoms with Gasteiger partial charge in [0.2, 0.25) is 10.0 Å². The van der Waals surface area contributed by atoms with Gasteiger partial charge in [-0.05, 0) is 24.5 Å². The number of hydrogen-bond donors (Lipinski definition) is 1. The molecule has 0 saturated carbocycles. The summed E-state index contributed by atoms with van der Waals surface area (Å²) in [6.07, 6.45) is 3.11. The lowest BCUT2D eigenvalue weighted by Gasteiger charge is -2.25. The molecular formula is C21H29N3O4S2. The molecule has 30 heavy (non-hydrogen) atoms. The molecule has 1 aromatic carbocycles. The van der Waals surface area contributed by atoms with Gasteiger partial charge in [-0.25, -0.2) is 8.42 Å². The van der Waals surface area contributed by atoms with Crippen molar-refractivity contribution in [2.45, 2.75) is 17.7 Å². The molecule has 0 atom stereocenters. The summed E-state index contributed by atoms with van der Waals surface area (Å²) in [4.78, 5) is 17.8. The van der Waals surface area contributed by atoms with Gasteiger partial charge >= 0.3 is 0 Å². The maximum atomic E-state index is 13.0. The summed E-state index contributed by atoms with van der Waals surface area (Å²) in [5, 5.41) is 0. The minimum absolute atomic E-state index is 0.147. The van der Waals surface area contributed by atoms with E-state index in [1.165, 1.54) is 22.1 Å². The van der Waals surface area contributed by atoms with E-state index in [2.05, 4.69) is 17.1 Å². The Morgan fingerprint density at radius 3 is 2.63 bits per heavy atom. The van der Waals surface area contributed by atoms with Gasteiger partial charge in [0.05, 0.1) is 6.61 Å². The average molecular weight is 452 g/mol. The first-order valence-electron chi connectivity index (χ1n) is 10.1. The van der Waals surface area contributed by atoms with E-state index in [4.69, 9.17) is 4.74 Å². The number of nitrogens with one attached hydrogen (secondary N) is 1. The normalized spacial score (nSPS) is 15.2. The molecule has 0 radical (unpaired) electrons. The number of thioether (sulfide) groups is 1. The van der Waals surface area contributed by atoms with Crippen LogP contribution >= 0.6 is 11.8 Å². The molecule has 164 valence electrons. The Balaban J connectivity index is 1.66. The van der Waals surface area contributed by atoms with Gasteiger partial charge in [0, 0.05) is 51.0 Å². The van der Waals surface area contributed by atoms with Crippen LogP contribution in [0.4, 0.5) is 0 Å². The second-order valence-electron chi connectivity index (χ2n) is 7.14. The van der Waals surface area contributed by atoms with Crippen LogP contribution in [0.15, 0.2) is 47.5 Å². The summed E-state index contributed by atoms with van der Waals surface area (Å²) in [6.45, 7) is 2.45. The zero-order valence-corrected chi connectivity index (χ0v) is 18.9. The zero-order chi connectivity index (χ0) is 21.4. The molecule has 1 fully saturated rings. The molecule has 1 aromatic heterocycles. The minimum atomic E-state index is -3.58. The molecule has 1 amide bonds. The van der Waals surface area contributed by atoms with E-state index < -0.39 is 10.0 Å². The summed E-state index contributed by atoms with van der Waals surface area (Å²) in [6, 6.07) is 11.6.